The molecular formula is C31H41ClN6O7S2. The van der Waals surface area contributed by atoms with E-state index in [-0.39, 0.29) is 27.3 Å². The molecule has 0 fully saturated rings. The molecule has 0 saturated heterocycles. The van der Waals surface area contributed by atoms with Gasteiger partial charge in [-0.1, -0.05) is 41.1 Å². The van der Waals surface area contributed by atoms with Gasteiger partial charge >= 0.3 is 12.2 Å². The number of pyridine rings is 1. The smallest absolute Gasteiger partial charge is 0.408 e. The van der Waals surface area contributed by atoms with Gasteiger partial charge < -0.3 is 25.4 Å². The quantitative estimate of drug-likeness (QED) is 0.121. The first-order valence-corrected chi connectivity index (χ1v) is 17.5. The molecule has 1 aromatic carbocycles. The number of carbonyl (C=O) groups is 3. The first kappa shape index (κ1) is 37.5. The molecule has 0 saturated carbocycles. The predicted octanol–water partition coefficient (Wildman–Crippen LogP) is 6.49. The Labute approximate surface area is 284 Å². The van der Waals surface area contributed by atoms with Gasteiger partial charge in [-0.3, -0.25) is 9.52 Å². The van der Waals surface area contributed by atoms with Gasteiger partial charge in [0.25, 0.3) is 10.0 Å². The van der Waals surface area contributed by atoms with Crippen molar-refractivity contribution in [3.05, 3.63) is 53.4 Å². The average Bonchev–Trinajstić information content (AvgIpc) is 3.31. The first-order valence-electron chi connectivity index (χ1n) is 14.8. The molecule has 47 heavy (non-hydrogen) atoms. The van der Waals surface area contributed by atoms with Crippen LogP contribution in [0.15, 0.2) is 47.5 Å². The molecule has 0 spiro atoms. The third kappa shape index (κ3) is 12.3. The number of unbranched alkanes of at least 4 members (excludes halogenated alkanes) is 1. The summed E-state index contributed by atoms with van der Waals surface area (Å²) in [6.45, 7) is 12.5. The fourth-order valence-corrected chi connectivity index (χ4v) is 6.29. The lowest BCUT2D eigenvalue weighted by molar-refractivity contribution is -0.118. The van der Waals surface area contributed by atoms with Crippen LogP contribution in [0.2, 0.25) is 5.15 Å². The fraction of sp³-hybridized carbons (Fsp3) is 0.452. The fourth-order valence-electron chi connectivity index (χ4n) is 4.05. The summed E-state index contributed by atoms with van der Waals surface area (Å²) in [5.41, 5.74) is -0.239. The van der Waals surface area contributed by atoms with Gasteiger partial charge in [0.15, 0.2) is 10.3 Å². The van der Waals surface area contributed by atoms with Crippen molar-refractivity contribution < 1.29 is 32.3 Å². The van der Waals surface area contributed by atoms with Crippen LogP contribution in [0.4, 0.5) is 20.4 Å². The second-order valence-electron chi connectivity index (χ2n) is 12.5. The second-order valence-corrected chi connectivity index (χ2v) is 15.6. The van der Waals surface area contributed by atoms with E-state index in [2.05, 4.69) is 30.6 Å². The lowest BCUT2D eigenvalue weighted by Crippen LogP contribution is -2.45. The highest BCUT2D eigenvalue weighted by Crippen LogP contribution is 2.35. The number of nitrogens with one attached hydrogen (secondary N) is 4. The zero-order valence-corrected chi connectivity index (χ0v) is 29.8. The molecule has 1 atom stereocenters. The molecule has 4 N–H and O–H groups in total. The molecule has 0 aliphatic rings. The first-order chi connectivity index (χ1) is 21.8. The number of sulfonamides is 1. The molecule has 256 valence electrons. The summed E-state index contributed by atoms with van der Waals surface area (Å²) in [6, 6.07) is 8.43. The minimum absolute atomic E-state index is 0.0405. The molecule has 3 aromatic rings. The van der Waals surface area contributed by atoms with Crippen molar-refractivity contribution in [1.82, 2.24) is 20.6 Å². The monoisotopic (exact) mass is 708 g/mol. The van der Waals surface area contributed by atoms with Gasteiger partial charge in [-0.15, -0.1) is 0 Å². The van der Waals surface area contributed by atoms with Crippen LogP contribution in [0.3, 0.4) is 0 Å². The van der Waals surface area contributed by atoms with Crippen LogP contribution in [-0.4, -0.2) is 60.3 Å². The van der Waals surface area contributed by atoms with E-state index < -0.39 is 45.4 Å². The normalized spacial score (nSPS) is 12.5. The van der Waals surface area contributed by atoms with Gasteiger partial charge in [0.1, 0.15) is 17.2 Å². The maximum absolute atomic E-state index is 13.4. The predicted molar refractivity (Wildman–Crippen MR) is 182 cm³/mol. The molecule has 13 nitrogen and oxygen atoms in total. The number of amides is 3. The zero-order chi connectivity index (χ0) is 35.0. The van der Waals surface area contributed by atoms with Crippen LogP contribution in [0.5, 0.6) is 0 Å². The van der Waals surface area contributed by atoms with Gasteiger partial charge in [0.2, 0.25) is 5.91 Å². The number of rotatable bonds is 12. The molecule has 2 aromatic heterocycles. The molecule has 0 radical (unpaired) electrons. The summed E-state index contributed by atoms with van der Waals surface area (Å²) in [4.78, 5) is 47.1. The number of aromatic nitrogens is 2. The maximum Gasteiger partial charge on any atom is 0.408 e. The number of alkyl carbamates (subject to hydrolysis) is 2. The van der Waals surface area contributed by atoms with E-state index in [1.807, 2.05) is 0 Å². The molecule has 2 heterocycles. The van der Waals surface area contributed by atoms with Gasteiger partial charge in [0.05, 0.1) is 21.2 Å². The van der Waals surface area contributed by atoms with Crippen LogP contribution < -0.4 is 20.7 Å². The molecular weight excluding hydrogens is 668 g/mol. The molecule has 0 unspecified atom stereocenters. The SMILES string of the molecule is Cc1nc(NC(=O)[C@H](CCCCNC(=O)OC(C)(C)C)NC(=O)OC(C)(C)C)sc1-c1cnc(Cl)c(NS(=O)(=O)c2ccccc2)c1. The molecule has 0 aliphatic heterocycles. The number of aryl methyl sites for hydroxylation is 1. The van der Waals surface area contributed by atoms with E-state index >= 15 is 0 Å². The number of anilines is 2. The van der Waals surface area contributed by atoms with Crippen molar-refractivity contribution in [1.29, 1.82) is 0 Å². The Bertz CT molecular complexity index is 1670. The number of hydrogen-bond donors (Lipinski definition) is 4. The Morgan fingerprint density at radius 3 is 2.26 bits per heavy atom. The van der Waals surface area contributed by atoms with E-state index in [4.69, 9.17) is 21.1 Å². The number of halogens is 1. The lowest BCUT2D eigenvalue weighted by Gasteiger charge is -2.23. The third-order valence-electron chi connectivity index (χ3n) is 6.02. The van der Waals surface area contributed by atoms with E-state index in [0.717, 1.165) is 11.3 Å². The highest BCUT2D eigenvalue weighted by atomic mass is 35.5. The summed E-state index contributed by atoms with van der Waals surface area (Å²) in [5, 5.41) is 8.28. The Hall–Kier alpha value is -3.95. The molecule has 3 amide bonds. The topological polar surface area (TPSA) is 178 Å². The number of carbonyl (C=O) groups excluding carboxylic acids is 3. The minimum atomic E-state index is -3.93. The van der Waals surface area contributed by atoms with Gasteiger partial charge in [-0.2, -0.15) is 0 Å². The summed E-state index contributed by atoms with van der Waals surface area (Å²) < 4.78 is 38.8. The molecule has 0 bridgehead atoms. The van der Waals surface area contributed by atoms with Crippen molar-refractivity contribution in [2.75, 3.05) is 16.6 Å². The number of ether oxygens (including phenoxy) is 2. The molecule has 0 aliphatic carbocycles. The van der Waals surface area contributed by atoms with Crippen LogP contribution in [0, 0.1) is 6.92 Å². The summed E-state index contributed by atoms with van der Waals surface area (Å²) in [7, 11) is -3.93. The number of benzene rings is 1. The van der Waals surface area contributed by atoms with Crippen LogP contribution in [0.25, 0.3) is 10.4 Å². The Morgan fingerprint density at radius 1 is 0.979 bits per heavy atom. The Morgan fingerprint density at radius 2 is 1.62 bits per heavy atom. The number of hydrogen-bond acceptors (Lipinski definition) is 10. The summed E-state index contributed by atoms with van der Waals surface area (Å²) >= 11 is 7.38. The lowest BCUT2D eigenvalue weighted by atomic mass is 10.1. The summed E-state index contributed by atoms with van der Waals surface area (Å²) in [6.07, 6.45) is 1.46. The highest BCUT2D eigenvalue weighted by Gasteiger charge is 2.26. The number of nitrogens with zero attached hydrogens (tertiary/aromatic N) is 2. The van der Waals surface area contributed by atoms with Crippen molar-refractivity contribution in [2.24, 2.45) is 0 Å². The van der Waals surface area contributed by atoms with Crippen molar-refractivity contribution in [3.8, 4) is 10.4 Å². The van der Waals surface area contributed by atoms with Crippen LogP contribution >= 0.6 is 22.9 Å². The molecule has 3 rings (SSSR count). The number of thiazole rings is 1. The second kappa shape index (κ2) is 15.8. The zero-order valence-electron chi connectivity index (χ0n) is 27.4. The highest BCUT2D eigenvalue weighted by molar-refractivity contribution is 7.92. The van der Waals surface area contributed by atoms with Crippen molar-refractivity contribution in [3.63, 3.8) is 0 Å². The van der Waals surface area contributed by atoms with E-state index in [9.17, 15) is 22.8 Å². The van der Waals surface area contributed by atoms with E-state index in [1.165, 1.54) is 18.3 Å². The largest absolute Gasteiger partial charge is 0.444 e. The van der Waals surface area contributed by atoms with Gasteiger partial charge in [-0.05, 0) is 85.9 Å². The van der Waals surface area contributed by atoms with E-state index in [1.54, 1.807) is 72.7 Å². The van der Waals surface area contributed by atoms with Crippen molar-refractivity contribution in [2.45, 2.75) is 89.9 Å². The van der Waals surface area contributed by atoms with Gasteiger partial charge in [0, 0.05) is 18.3 Å². The minimum Gasteiger partial charge on any atom is -0.444 e. The van der Waals surface area contributed by atoms with Gasteiger partial charge in [-0.25, -0.2) is 28.0 Å². The van der Waals surface area contributed by atoms with E-state index in [0.29, 0.717) is 35.5 Å². The van der Waals surface area contributed by atoms with Crippen LogP contribution in [0.1, 0.15) is 66.5 Å². The third-order valence-corrected chi connectivity index (χ3v) is 8.83. The Kier molecular flexibility index (Phi) is 12.6. The molecule has 16 heteroatoms. The summed E-state index contributed by atoms with van der Waals surface area (Å²) in [5.74, 6) is -0.512. The standard InChI is InChI=1S/C31H41ClN6O7S2/c1-19-24(20-17-23(25(32)34-18-20)38-47(42,43)21-13-9-8-10-14-21)46-27(35-19)37-26(39)22(36-29(41)45-31(5,6)7)15-11-12-16-33-28(40)44-30(2,3)4/h8-10,13-14,17-18,22,38H,11-12,15-16H2,1-7H3,(H,33,40)(H,36,41)(H,35,37,39)/t22-/m0/s1. The Balaban J connectivity index is 1.72. The van der Waals surface area contributed by atoms with Crippen LogP contribution in [-0.2, 0) is 24.3 Å². The maximum atomic E-state index is 13.4. The van der Waals surface area contributed by atoms with Crippen molar-refractivity contribution >= 4 is 61.9 Å². The average molecular weight is 709 g/mol.